The predicted octanol–water partition coefficient (Wildman–Crippen LogP) is 1.17. The van der Waals surface area contributed by atoms with Crippen LogP contribution >= 0.6 is 11.8 Å². The smallest absolute Gasteiger partial charge is 0.328 e. The summed E-state index contributed by atoms with van der Waals surface area (Å²) in [4.78, 5) is 59.4. The number of thioether (sulfide) groups is 1. The lowest BCUT2D eigenvalue weighted by atomic mass is 10.1. The Morgan fingerprint density at radius 3 is 2.72 bits per heavy atom. The highest BCUT2D eigenvalue weighted by Gasteiger charge is 2.19. The van der Waals surface area contributed by atoms with Crippen LogP contribution in [0.5, 0.6) is 0 Å². The third-order valence-corrected chi connectivity index (χ3v) is 6.20. The first-order chi connectivity index (χ1) is 15.5. The maximum absolute atomic E-state index is 12.4. The molecule has 0 radical (unpaired) electrons. The van der Waals surface area contributed by atoms with E-state index < -0.39 is 5.69 Å². The van der Waals surface area contributed by atoms with Crippen molar-refractivity contribution >= 4 is 23.5 Å². The number of rotatable bonds is 7. The van der Waals surface area contributed by atoms with Gasteiger partial charge in [0.2, 0.25) is 5.91 Å². The van der Waals surface area contributed by atoms with Crippen molar-refractivity contribution in [2.45, 2.75) is 25.1 Å². The summed E-state index contributed by atoms with van der Waals surface area (Å²) in [6, 6.07) is 6.93. The van der Waals surface area contributed by atoms with Crippen LogP contribution in [0.2, 0.25) is 0 Å². The van der Waals surface area contributed by atoms with Crippen molar-refractivity contribution in [3.63, 3.8) is 0 Å². The van der Waals surface area contributed by atoms with Crippen LogP contribution in [0, 0.1) is 0 Å². The first kappa shape index (κ1) is 21.7. The van der Waals surface area contributed by atoms with Gasteiger partial charge in [-0.15, -0.1) is 0 Å². The zero-order valence-corrected chi connectivity index (χ0v) is 18.0. The Labute approximate surface area is 187 Å². The fraction of sp³-hybridized carbons (Fsp3) is 0.273. The molecule has 0 saturated heterocycles. The molecule has 4 rings (SSSR count). The van der Waals surface area contributed by atoms with Gasteiger partial charge in [0.25, 0.3) is 5.56 Å². The summed E-state index contributed by atoms with van der Waals surface area (Å²) in [6.07, 6.45) is 5.47. The molecule has 1 aromatic carbocycles. The molecular formula is C22H21N5O4S. The van der Waals surface area contributed by atoms with Gasteiger partial charge in [0.05, 0.1) is 18.4 Å². The number of hydrogen-bond donors (Lipinski definition) is 2. The van der Waals surface area contributed by atoms with Crippen LogP contribution < -0.4 is 16.6 Å². The summed E-state index contributed by atoms with van der Waals surface area (Å²) in [6.45, 7) is 0.00797. The summed E-state index contributed by atoms with van der Waals surface area (Å²) in [5.74, 6) is 0.819. The number of hydrogen-bond acceptors (Lipinski definition) is 7. The molecule has 0 aliphatic carbocycles. The quantitative estimate of drug-likeness (QED) is 0.516. The molecule has 2 aromatic heterocycles. The maximum atomic E-state index is 12.4. The van der Waals surface area contributed by atoms with Gasteiger partial charge >= 0.3 is 5.69 Å². The van der Waals surface area contributed by atoms with E-state index in [4.69, 9.17) is 0 Å². The Balaban J connectivity index is 1.33. The van der Waals surface area contributed by atoms with Gasteiger partial charge in [0.15, 0.2) is 5.78 Å². The second-order valence-electron chi connectivity index (χ2n) is 7.26. The number of carbonyl (C=O) groups excluding carboxylic acids is 2. The van der Waals surface area contributed by atoms with E-state index in [9.17, 15) is 19.2 Å². The largest absolute Gasteiger partial charge is 0.349 e. The zero-order chi connectivity index (χ0) is 22.5. The van der Waals surface area contributed by atoms with Crippen molar-refractivity contribution < 1.29 is 9.59 Å². The van der Waals surface area contributed by atoms with E-state index in [2.05, 4.69) is 20.3 Å². The number of ketones is 1. The lowest BCUT2D eigenvalue weighted by molar-refractivity contribution is -0.121. The van der Waals surface area contributed by atoms with E-state index in [1.165, 1.54) is 4.57 Å². The number of Topliss-reactive ketones (excluding diaryl/α,β-unsaturated/α-hetero) is 1. The van der Waals surface area contributed by atoms with Gasteiger partial charge in [-0.1, -0.05) is 24.3 Å². The van der Waals surface area contributed by atoms with Crippen LogP contribution in [-0.4, -0.2) is 43.5 Å². The van der Waals surface area contributed by atoms with Gasteiger partial charge in [-0.25, -0.2) is 4.79 Å². The third kappa shape index (κ3) is 4.86. The first-order valence-electron chi connectivity index (χ1n) is 10.1. The Morgan fingerprint density at radius 1 is 1.16 bits per heavy atom. The number of amides is 1. The summed E-state index contributed by atoms with van der Waals surface area (Å²) in [5, 5.41) is 2.61. The van der Waals surface area contributed by atoms with Gasteiger partial charge < -0.3 is 5.32 Å². The molecule has 0 atom stereocenters. The number of H-pyrrole nitrogens is 1. The Hall–Kier alpha value is -3.53. The topological polar surface area (TPSA) is 127 Å². The summed E-state index contributed by atoms with van der Waals surface area (Å²) >= 11 is 1.64. The number of aromatic amines is 1. The van der Waals surface area contributed by atoms with E-state index in [1.54, 1.807) is 54.6 Å². The van der Waals surface area contributed by atoms with Crippen molar-refractivity contribution in [1.82, 2.24) is 24.8 Å². The van der Waals surface area contributed by atoms with Crippen LogP contribution in [0.15, 0.2) is 52.4 Å². The minimum Gasteiger partial charge on any atom is -0.349 e. The highest BCUT2D eigenvalue weighted by Crippen LogP contribution is 2.20. The molecule has 0 saturated carbocycles. The zero-order valence-electron chi connectivity index (χ0n) is 17.2. The lowest BCUT2D eigenvalue weighted by Crippen LogP contribution is -2.38. The molecule has 164 valence electrons. The van der Waals surface area contributed by atoms with Crippen molar-refractivity contribution in [3.05, 3.63) is 80.5 Å². The van der Waals surface area contributed by atoms with E-state index in [0.29, 0.717) is 34.7 Å². The molecule has 1 aliphatic rings. The number of carbonyl (C=O) groups is 2. The van der Waals surface area contributed by atoms with Crippen LogP contribution in [-0.2, 0) is 23.5 Å². The van der Waals surface area contributed by atoms with Gasteiger partial charge in [0, 0.05) is 53.5 Å². The Kier molecular flexibility index (Phi) is 6.60. The van der Waals surface area contributed by atoms with Crippen LogP contribution in [0.4, 0.5) is 0 Å². The molecule has 3 heterocycles. The van der Waals surface area contributed by atoms with Gasteiger partial charge in [0.1, 0.15) is 0 Å². The van der Waals surface area contributed by atoms with E-state index in [0.717, 1.165) is 11.3 Å². The highest BCUT2D eigenvalue weighted by atomic mass is 32.2. The Bertz CT molecular complexity index is 1250. The lowest BCUT2D eigenvalue weighted by Gasteiger charge is -2.19. The molecule has 1 aliphatic heterocycles. The third-order valence-electron chi connectivity index (χ3n) is 5.22. The number of nitrogens with one attached hydrogen (secondary N) is 2. The molecule has 3 aromatic rings. The SMILES string of the molecule is O=C(CCn1c2c(c(=O)[nH]c1=O)CSCC2)NCC(=O)c1ccc(-c2cnccn2)cc1. The average Bonchev–Trinajstić information content (AvgIpc) is 2.83. The molecular weight excluding hydrogens is 430 g/mol. The van der Waals surface area contributed by atoms with Crippen molar-refractivity contribution in [3.8, 4) is 11.3 Å². The molecule has 0 bridgehead atoms. The van der Waals surface area contributed by atoms with Crippen molar-refractivity contribution in [2.24, 2.45) is 0 Å². The van der Waals surface area contributed by atoms with Crippen molar-refractivity contribution in [1.29, 1.82) is 0 Å². The minimum absolute atomic E-state index is 0.0322. The van der Waals surface area contributed by atoms with Gasteiger partial charge in [-0.05, 0) is 12.2 Å². The summed E-state index contributed by atoms with van der Waals surface area (Å²) in [5.41, 5.74) is 2.46. The molecule has 2 N–H and O–H groups in total. The number of nitrogens with zero attached hydrogens (tertiary/aromatic N) is 3. The van der Waals surface area contributed by atoms with Gasteiger partial charge in [-0.3, -0.25) is 33.9 Å². The molecule has 0 unspecified atom stereocenters. The predicted molar refractivity (Wildman–Crippen MR) is 121 cm³/mol. The fourth-order valence-corrected chi connectivity index (χ4v) is 4.51. The van der Waals surface area contributed by atoms with Crippen LogP contribution in [0.3, 0.4) is 0 Å². The first-order valence-corrected chi connectivity index (χ1v) is 11.3. The Morgan fingerprint density at radius 2 is 1.97 bits per heavy atom. The summed E-state index contributed by atoms with van der Waals surface area (Å²) < 4.78 is 1.46. The second kappa shape index (κ2) is 9.73. The van der Waals surface area contributed by atoms with Gasteiger partial charge in [-0.2, -0.15) is 11.8 Å². The standard InChI is InChI=1S/C22H21N5O4S/c28-19(15-3-1-14(2-4-15)17-11-23-7-8-24-17)12-25-20(29)5-9-27-18-6-10-32-13-16(18)21(30)26-22(27)31/h1-4,7-8,11H,5-6,9-10,12-13H2,(H,25,29)(H,26,30,31). The molecule has 1 amide bonds. The monoisotopic (exact) mass is 451 g/mol. The van der Waals surface area contributed by atoms with Crippen LogP contribution in [0.1, 0.15) is 28.0 Å². The maximum Gasteiger partial charge on any atom is 0.328 e. The van der Waals surface area contributed by atoms with E-state index in [1.807, 2.05) is 0 Å². The minimum atomic E-state index is -0.507. The average molecular weight is 452 g/mol. The highest BCUT2D eigenvalue weighted by molar-refractivity contribution is 7.98. The normalized spacial score (nSPS) is 12.8. The molecule has 0 fully saturated rings. The summed E-state index contributed by atoms with van der Waals surface area (Å²) in [7, 11) is 0. The van der Waals surface area contributed by atoms with E-state index >= 15 is 0 Å². The van der Waals surface area contributed by atoms with Crippen molar-refractivity contribution in [2.75, 3.05) is 12.3 Å². The number of aromatic nitrogens is 4. The van der Waals surface area contributed by atoms with Crippen LogP contribution in [0.25, 0.3) is 11.3 Å². The second-order valence-corrected chi connectivity index (χ2v) is 8.36. The fourth-order valence-electron chi connectivity index (χ4n) is 3.53. The molecule has 32 heavy (non-hydrogen) atoms. The molecule has 9 nitrogen and oxygen atoms in total. The molecule has 10 heteroatoms. The van der Waals surface area contributed by atoms with E-state index in [-0.39, 0.29) is 36.8 Å². The molecule has 0 spiro atoms. The number of fused-ring (bicyclic) bond motifs is 1. The number of benzene rings is 1.